The number of nitrogens with zero attached hydrogens (tertiary/aromatic N) is 2. The summed E-state index contributed by atoms with van der Waals surface area (Å²) in [6, 6.07) is 10.7. The quantitative estimate of drug-likeness (QED) is 0.367. The van der Waals surface area contributed by atoms with E-state index < -0.39 is 17.5 Å². The number of alkyl halides is 3. The standard InChI is InChI=1S/C27H32F3N3O3/c1-3-4-23-14-32-18-33(23)17-26(12-11-20-5-7-21(8-6-20)27(28,29)30)35-16-24(36-26)15-34-25-10-9-22(31)13-19(25)2/h5-10,13-14,18,24H,3-4,11-12,15-17,31H2,1-2H3/t24-,26-/m1/s1. The van der Waals surface area contributed by atoms with Gasteiger partial charge in [-0.2, -0.15) is 13.2 Å². The van der Waals surface area contributed by atoms with Crippen LogP contribution in [-0.2, 0) is 35.0 Å². The van der Waals surface area contributed by atoms with E-state index in [1.54, 1.807) is 12.4 Å². The van der Waals surface area contributed by atoms with E-state index in [9.17, 15) is 13.2 Å². The Balaban J connectivity index is 1.46. The summed E-state index contributed by atoms with van der Waals surface area (Å²) >= 11 is 0. The average molecular weight is 504 g/mol. The number of aromatic nitrogens is 2. The van der Waals surface area contributed by atoms with Crippen molar-refractivity contribution in [2.45, 2.75) is 64.1 Å². The van der Waals surface area contributed by atoms with Gasteiger partial charge in [-0.3, -0.25) is 0 Å². The first-order chi connectivity index (χ1) is 17.2. The van der Waals surface area contributed by atoms with Crippen molar-refractivity contribution in [3.8, 4) is 5.75 Å². The molecule has 0 unspecified atom stereocenters. The second kappa shape index (κ2) is 10.9. The average Bonchev–Trinajstić information content (AvgIpc) is 3.44. The molecule has 1 aliphatic rings. The minimum Gasteiger partial charge on any atom is -0.491 e. The molecule has 0 radical (unpaired) electrons. The van der Waals surface area contributed by atoms with Gasteiger partial charge >= 0.3 is 6.18 Å². The summed E-state index contributed by atoms with van der Waals surface area (Å²) in [6.07, 6.45) is 1.77. The highest BCUT2D eigenvalue weighted by Gasteiger charge is 2.42. The molecule has 2 N–H and O–H groups in total. The van der Waals surface area contributed by atoms with Crippen LogP contribution in [0, 0.1) is 6.92 Å². The minimum absolute atomic E-state index is 0.298. The molecule has 2 heterocycles. The smallest absolute Gasteiger partial charge is 0.416 e. The summed E-state index contributed by atoms with van der Waals surface area (Å²) in [5.41, 5.74) is 8.64. The summed E-state index contributed by atoms with van der Waals surface area (Å²) in [4.78, 5) is 4.29. The van der Waals surface area contributed by atoms with Crippen LogP contribution in [0.2, 0.25) is 0 Å². The van der Waals surface area contributed by atoms with Crippen molar-refractivity contribution in [2.75, 3.05) is 18.9 Å². The zero-order chi connectivity index (χ0) is 25.8. The number of hydrogen-bond donors (Lipinski definition) is 1. The normalized spacial score (nSPS) is 20.1. The van der Waals surface area contributed by atoms with Gasteiger partial charge in [0.15, 0.2) is 5.79 Å². The lowest BCUT2D eigenvalue weighted by Gasteiger charge is -2.29. The van der Waals surface area contributed by atoms with Crippen molar-refractivity contribution >= 4 is 5.69 Å². The lowest BCUT2D eigenvalue weighted by molar-refractivity contribution is -0.184. The molecule has 3 aromatic rings. The van der Waals surface area contributed by atoms with E-state index in [1.165, 1.54) is 12.1 Å². The predicted molar refractivity (Wildman–Crippen MR) is 131 cm³/mol. The molecule has 2 aromatic carbocycles. The molecule has 0 bridgehead atoms. The SMILES string of the molecule is CCCc1cncn1C[C@]1(CCc2ccc(C(F)(F)F)cc2)OC[C@@H](COc2ccc(N)cc2C)O1. The zero-order valence-corrected chi connectivity index (χ0v) is 20.6. The number of benzene rings is 2. The Morgan fingerprint density at radius 3 is 2.64 bits per heavy atom. The minimum atomic E-state index is -4.36. The van der Waals surface area contributed by atoms with Crippen LogP contribution < -0.4 is 10.5 Å². The topological polar surface area (TPSA) is 71.5 Å². The van der Waals surface area contributed by atoms with Crippen LogP contribution >= 0.6 is 0 Å². The Morgan fingerprint density at radius 2 is 1.94 bits per heavy atom. The fourth-order valence-corrected chi connectivity index (χ4v) is 4.42. The maximum atomic E-state index is 12.9. The number of ether oxygens (including phenoxy) is 3. The van der Waals surface area contributed by atoms with Gasteiger partial charge in [0.2, 0.25) is 0 Å². The second-order valence-corrected chi connectivity index (χ2v) is 9.26. The molecule has 2 atom stereocenters. The van der Waals surface area contributed by atoms with Gasteiger partial charge < -0.3 is 24.5 Å². The molecule has 6 nitrogen and oxygen atoms in total. The van der Waals surface area contributed by atoms with E-state index in [0.29, 0.717) is 38.3 Å². The van der Waals surface area contributed by atoms with Crippen molar-refractivity contribution in [3.05, 3.63) is 77.4 Å². The van der Waals surface area contributed by atoms with Crippen LogP contribution in [0.3, 0.4) is 0 Å². The highest BCUT2D eigenvalue weighted by Crippen LogP contribution is 2.33. The summed E-state index contributed by atoms with van der Waals surface area (Å²) < 4.78 is 59.5. The van der Waals surface area contributed by atoms with Crippen LogP contribution in [-0.4, -0.2) is 34.7 Å². The number of anilines is 1. The van der Waals surface area contributed by atoms with E-state index in [0.717, 1.165) is 47.5 Å². The maximum absolute atomic E-state index is 12.9. The van der Waals surface area contributed by atoms with Gasteiger partial charge in [-0.25, -0.2) is 4.98 Å². The summed E-state index contributed by atoms with van der Waals surface area (Å²) in [6.45, 7) is 5.12. The summed E-state index contributed by atoms with van der Waals surface area (Å²) in [5.74, 6) is -0.217. The number of nitrogens with two attached hydrogens (primary N) is 1. The molecule has 9 heteroatoms. The van der Waals surface area contributed by atoms with Crippen molar-refractivity contribution in [1.29, 1.82) is 0 Å². The number of halogens is 3. The second-order valence-electron chi connectivity index (χ2n) is 9.26. The molecule has 4 rings (SSSR count). The van der Waals surface area contributed by atoms with E-state index in [4.69, 9.17) is 19.9 Å². The van der Waals surface area contributed by atoms with E-state index in [-0.39, 0.29) is 6.10 Å². The third kappa shape index (κ3) is 6.39. The molecular formula is C27H32F3N3O3. The first-order valence-corrected chi connectivity index (χ1v) is 12.1. The van der Waals surface area contributed by atoms with Gasteiger partial charge in [-0.05, 0) is 61.2 Å². The van der Waals surface area contributed by atoms with Crippen LogP contribution in [0.5, 0.6) is 5.75 Å². The Bertz CT molecular complexity index is 1150. The van der Waals surface area contributed by atoms with Gasteiger partial charge in [0.05, 0.1) is 25.0 Å². The van der Waals surface area contributed by atoms with Crippen molar-refractivity contribution in [1.82, 2.24) is 9.55 Å². The molecule has 36 heavy (non-hydrogen) atoms. The Hall–Kier alpha value is -3.04. The summed E-state index contributed by atoms with van der Waals surface area (Å²) in [5, 5.41) is 0. The largest absolute Gasteiger partial charge is 0.491 e. The van der Waals surface area contributed by atoms with Crippen LogP contribution in [0.1, 0.15) is 42.1 Å². The Kier molecular flexibility index (Phi) is 7.90. The molecule has 0 spiro atoms. The third-order valence-electron chi connectivity index (χ3n) is 6.33. The van der Waals surface area contributed by atoms with Crippen molar-refractivity contribution in [3.63, 3.8) is 0 Å². The van der Waals surface area contributed by atoms with Crippen LogP contribution in [0.15, 0.2) is 55.0 Å². The lowest BCUT2D eigenvalue weighted by Crippen LogP contribution is -2.38. The summed E-state index contributed by atoms with van der Waals surface area (Å²) in [7, 11) is 0. The predicted octanol–water partition coefficient (Wildman–Crippen LogP) is 5.57. The molecule has 1 aliphatic heterocycles. The van der Waals surface area contributed by atoms with Gasteiger partial charge in [-0.15, -0.1) is 0 Å². The fourth-order valence-electron chi connectivity index (χ4n) is 4.42. The molecule has 1 saturated heterocycles. The molecule has 0 saturated carbocycles. The first kappa shape index (κ1) is 26.0. The molecule has 0 amide bonds. The van der Waals surface area contributed by atoms with Gasteiger partial charge in [-0.1, -0.05) is 25.5 Å². The van der Waals surface area contributed by atoms with E-state index in [2.05, 4.69) is 11.9 Å². The number of hydrogen-bond acceptors (Lipinski definition) is 5. The molecule has 1 fully saturated rings. The molecule has 194 valence electrons. The van der Waals surface area contributed by atoms with Gasteiger partial charge in [0.25, 0.3) is 0 Å². The fraction of sp³-hybridized carbons (Fsp3) is 0.444. The molecule has 0 aliphatic carbocycles. The van der Waals surface area contributed by atoms with Crippen LogP contribution in [0.4, 0.5) is 18.9 Å². The molecule has 1 aromatic heterocycles. The molecular weight excluding hydrogens is 471 g/mol. The maximum Gasteiger partial charge on any atom is 0.416 e. The van der Waals surface area contributed by atoms with E-state index in [1.807, 2.05) is 29.8 Å². The lowest BCUT2D eigenvalue weighted by atomic mass is 10.0. The van der Waals surface area contributed by atoms with Gasteiger partial charge in [0, 0.05) is 24.0 Å². The number of imidazole rings is 1. The number of nitrogen functional groups attached to an aromatic ring is 1. The zero-order valence-electron chi connectivity index (χ0n) is 20.6. The first-order valence-electron chi connectivity index (χ1n) is 12.1. The number of aryl methyl sites for hydroxylation is 3. The van der Waals surface area contributed by atoms with Crippen molar-refractivity contribution < 1.29 is 27.4 Å². The van der Waals surface area contributed by atoms with Gasteiger partial charge in [0.1, 0.15) is 18.5 Å². The van der Waals surface area contributed by atoms with Crippen molar-refractivity contribution in [2.24, 2.45) is 0 Å². The monoisotopic (exact) mass is 503 g/mol. The third-order valence-corrected chi connectivity index (χ3v) is 6.33. The Morgan fingerprint density at radius 1 is 1.17 bits per heavy atom. The Labute approximate surface area is 209 Å². The number of rotatable bonds is 10. The highest BCUT2D eigenvalue weighted by molar-refractivity contribution is 5.47. The van der Waals surface area contributed by atoms with E-state index >= 15 is 0 Å². The van der Waals surface area contributed by atoms with Crippen LogP contribution in [0.25, 0.3) is 0 Å². The highest BCUT2D eigenvalue weighted by atomic mass is 19.4.